The second-order valence-corrected chi connectivity index (χ2v) is 5.08. The van der Waals surface area contributed by atoms with Gasteiger partial charge in [-0.3, -0.25) is 0 Å². The van der Waals surface area contributed by atoms with E-state index >= 15 is 0 Å². The molecule has 1 aliphatic heterocycles. The van der Waals surface area contributed by atoms with Crippen LogP contribution < -0.4 is 5.32 Å². The zero-order valence-corrected chi connectivity index (χ0v) is 10.9. The van der Waals surface area contributed by atoms with E-state index in [4.69, 9.17) is 0 Å². The van der Waals surface area contributed by atoms with Crippen LogP contribution in [-0.4, -0.2) is 9.97 Å². The van der Waals surface area contributed by atoms with Crippen molar-refractivity contribution in [3.63, 3.8) is 0 Å². The topological polar surface area (TPSA) is 37.8 Å². The second-order valence-electron chi connectivity index (χ2n) is 4.16. The average Bonchev–Trinajstić information content (AvgIpc) is 2.79. The standard InChI is InChI=1S/C13H12BrN3/c14-11-3-1-9(2-4-11)5-13-16-7-10-6-15-8-12(10)17-13/h1-4,7,15H,5-6,8H2. The molecule has 0 saturated heterocycles. The monoisotopic (exact) mass is 289 g/mol. The lowest BCUT2D eigenvalue weighted by atomic mass is 10.1. The van der Waals surface area contributed by atoms with Crippen LogP contribution in [0.3, 0.4) is 0 Å². The fraction of sp³-hybridized carbons (Fsp3) is 0.231. The van der Waals surface area contributed by atoms with E-state index in [2.05, 4.69) is 43.3 Å². The summed E-state index contributed by atoms with van der Waals surface area (Å²) in [6, 6.07) is 8.28. The van der Waals surface area contributed by atoms with Gasteiger partial charge in [0.25, 0.3) is 0 Å². The first-order valence-electron chi connectivity index (χ1n) is 5.60. The van der Waals surface area contributed by atoms with Crippen molar-refractivity contribution in [2.24, 2.45) is 0 Å². The molecule has 17 heavy (non-hydrogen) atoms. The molecule has 0 bridgehead atoms. The number of benzene rings is 1. The van der Waals surface area contributed by atoms with Crippen molar-refractivity contribution in [1.29, 1.82) is 0 Å². The van der Waals surface area contributed by atoms with Crippen molar-refractivity contribution in [3.05, 3.63) is 57.6 Å². The second kappa shape index (κ2) is 4.55. The zero-order chi connectivity index (χ0) is 11.7. The maximum Gasteiger partial charge on any atom is 0.132 e. The molecule has 86 valence electrons. The molecule has 0 amide bonds. The fourth-order valence-corrected chi connectivity index (χ4v) is 2.23. The van der Waals surface area contributed by atoms with E-state index in [9.17, 15) is 0 Å². The first kappa shape index (κ1) is 10.9. The van der Waals surface area contributed by atoms with Crippen LogP contribution in [0, 0.1) is 0 Å². The zero-order valence-electron chi connectivity index (χ0n) is 9.28. The lowest BCUT2D eigenvalue weighted by molar-refractivity contribution is 0.756. The van der Waals surface area contributed by atoms with Crippen molar-refractivity contribution < 1.29 is 0 Å². The first-order chi connectivity index (χ1) is 8.31. The van der Waals surface area contributed by atoms with E-state index < -0.39 is 0 Å². The molecule has 0 fully saturated rings. The lowest BCUT2D eigenvalue weighted by Crippen LogP contribution is -2.01. The van der Waals surface area contributed by atoms with Crippen molar-refractivity contribution in [3.8, 4) is 0 Å². The molecule has 1 aliphatic rings. The molecule has 0 atom stereocenters. The number of hydrogen-bond acceptors (Lipinski definition) is 3. The Hall–Kier alpha value is -1.26. The fourth-order valence-electron chi connectivity index (χ4n) is 1.97. The van der Waals surface area contributed by atoms with Crippen LogP contribution in [0.1, 0.15) is 22.6 Å². The van der Waals surface area contributed by atoms with E-state index in [1.165, 1.54) is 11.1 Å². The summed E-state index contributed by atoms with van der Waals surface area (Å²) in [5.74, 6) is 0.898. The van der Waals surface area contributed by atoms with Crippen molar-refractivity contribution in [1.82, 2.24) is 15.3 Å². The van der Waals surface area contributed by atoms with Crippen LogP contribution in [0.2, 0.25) is 0 Å². The third-order valence-corrected chi connectivity index (χ3v) is 3.42. The molecule has 1 aromatic heterocycles. The van der Waals surface area contributed by atoms with Gasteiger partial charge in [-0.05, 0) is 17.7 Å². The summed E-state index contributed by atoms with van der Waals surface area (Å²) in [4.78, 5) is 8.99. The molecular formula is C13H12BrN3. The van der Waals surface area contributed by atoms with Gasteiger partial charge in [-0.2, -0.15) is 0 Å². The van der Waals surface area contributed by atoms with E-state index in [1.807, 2.05) is 18.3 Å². The number of hydrogen-bond donors (Lipinski definition) is 1. The van der Waals surface area contributed by atoms with Crippen LogP contribution in [0.15, 0.2) is 34.9 Å². The average molecular weight is 290 g/mol. The van der Waals surface area contributed by atoms with Crippen molar-refractivity contribution in [2.45, 2.75) is 19.5 Å². The van der Waals surface area contributed by atoms with Gasteiger partial charge in [0.15, 0.2) is 0 Å². The number of halogens is 1. The van der Waals surface area contributed by atoms with Gasteiger partial charge >= 0.3 is 0 Å². The summed E-state index contributed by atoms with van der Waals surface area (Å²) in [5, 5.41) is 3.28. The normalized spacial score (nSPS) is 13.7. The van der Waals surface area contributed by atoms with Crippen molar-refractivity contribution in [2.75, 3.05) is 0 Å². The third kappa shape index (κ3) is 2.37. The van der Waals surface area contributed by atoms with E-state index in [-0.39, 0.29) is 0 Å². The van der Waals surface area contributed by atoms with Gasteiger partial charge in [0, 0.05) is 35.7 Å². The smallest absolute Gasteiger partial charge is 0.132 e. The Morgan fingerprint density at radius 1 is 1.18 bits per heavy atom. The van der Waals surface area contributed by atoms with Crippen LogP contribution in [0.4, 0.5) is 0 Å². The molecule has 0 radical (unpaired) electrons. The van der Waals surface area contributed by atoms with Gasteiger partial charge in [0.1, 0.15) is 5.82 Å². The Kier molecular flexibility index (Phi) is 2.91. The Balaban J connectivity index is 1.83. The minimum Gasteiger partial charge on any atom is -0.307 e. The summed E-state index contributed by atoms with van der Waals surface area (Å²) < 4.78 is 1.10. The van der Waals surface area contributed by atoms with Gasteiger partial charge in [0.05, 0.1) is 5.69 Å². The molecule has 1 N–H and O–H groups in total. The maximum atomic E-state index is 4.59. The highest BCUT2D eigenvalue weighted by atomic mass is 79.9. The molecule has 2 heterocycles. The number of nitrogens with zero attached hydrogens (tertiary/aromatic N) is 2. The minimum atomic E-state index is 0.792. The maximum absolute atomic E-state index is 4.59. The van der Waals surface area contributed by atoms with Gasteiger partial charge in [0.2, 0.25) is 0 Å². The summed E-state index contributed by atoms with van der Waals surface area (Å²) in [6.07, 6.45) is 2.73. The lowest BCUT2D eigenvalue weighted by Gasteiger charge is -2.03. The highest BCUT2D eigenvalue weighted by molar-refractivity contribution is 9.10. The Bertz CT molecular complexity index is 537. The molecule has 4 heteroatoms. The van der Waals surface area contributed by atoms with Crippen LogP contribution in [-0.2, 0) is 19.5 Å². The Morgan fingerprint density at radius 2 is 2.00 bits per heavy atom. The van der Waals surface area contributed by atoms with Crippen LogP contribution in [0.25, 0.3) is 0 Å². The minimum absolute atomic E-state index is 0.792. The number of rotatable bonds is 2. The summed E-state index contributed by atoms with van der Waals surface area (Å²) >= 11 is 3.43. The van der Waals surface area contributed by atoms with Crippen molar-refractivity contribution >= 4 is 15.9 Å². The molecule has 0 aliphatic carbocycles. The van der Waals surface area contributed by atoms with Gasteiger partial charge in [-0.15, -0.1) is 0 Å². The van der Waals surface area contributed by atoms with Crippen LogP contribution >= 0.6 is 15.9 Å². The van der Waals surface area contributed by atoms with Gasteiger partial charge in [-0.25, -0.2) is 9.97 Å². The quantitative estimate of drug-likeness (QED) is 0.923. The summed E-state index contributed by atoms with van der Waals surface area (Å²) in [7, 11) is 0. The van der Waals surface area contributed by atoms with Crippen LogP contribution in [0.5, 0.6) is 0 Å². The molecule has 1 aromatic carbocycles. The highest BCUT2D eigenvalue weighted by Crippen LogP contribution is 2.15. The molecule has 0 saturated carbocycles. The van der Waals surface area contributed by atoms with Gasteiger partial charge < -0.3 is 5.32 Å². The Morgan fingerprint density at radius 3 is 2.82 bits per heavy atom. The van der Waals surface area contributed by atoms with E-state index in [0.29, 0.717) is 0 Å². The highest BCUT2D eigenvalue weighted by Gasteiger charge is 2.12. The summed E-state index contributed by atoms with van der Waals surface area (Å²) in [6.45, 7) is 1.76. The molecule has 0 spiro atoms. The molecular weight excluding hydrogens is 278 g/mol. The predicted molar refractivity (Wildman–Crippen MR) is 69.5 cm³/mol. The largest absolute Gasteiger partial charge is 0.307 e. The van der Waals surface area contributed by atoms with Gasteiger partial charge in [-0.1, -0.05) is 28.1 Å². The Labute approximate surface area is 108 Å². The predicted octanol–water partition coefficient (Wildman–Crippen LogP) is 2.43. The number of aromatic nitrogens is 2. The summed E-state index contributed by atoms with van der Waals surface area (Å²) in [5.41, 5.74) is 3.61. The van der Waals surface area contributed by atoms with E-state index in [1.54, 1.807) is 0 Å². The molecule has 3 rings (SSSR count). The number of fused-ring (bicyclic) bond motifs is 1. The molecule has 0 unspecified atom stereocenters. The molecule has 2 aromatic rings. The molecule has 3 nitrogen and oxygen atoms in total. The van der Waals surface area contributed by atoms with E-state index in [0.717, 1.165) is 35.5 Å². The number of nitrogens with one attached hydrogen (secondary N) is 1. The first-order valence-corrected chi connectivity index (χ1v) is 6.39. The SMILES string of the molecule is Brc1ccc(Cc2ncc3c(n2)CNC3)cc1. The third-order valence-electron chi connectivity index (χ3n) is 2.89.